The number of hydrogen-bond donors (Lipinski definition) is 2. The minimum Gasteiger partial charge on any atom is -0.481 e. The Hall–Kier alpha value is -2.08. The van der Waals surface area contributed by atoms with Crippen LogP contribution in [0.25, 0.3) is 0 Å². The van der Waals surface area contributed by atoms with Crippen molar-refractivity contribution < 1.29 is 19.4 Å². The number of rotatable bonds is 3. The maximum atomic E-state index is 12.1. The fourth-order valence-corrected chi connectivity index (χ4v) is 2.09. The molecule has 2 amide bonds. The zero-order chi connectivity index (χ0) is 14.4. The van der Waals surface area contributed by atoms with Crippen molar-refractivity contribution in [1.29, 1.82) is 0 Å². The van der Waals surface area contributed by atoms with Crippen molar-refractivity contribution in [1.82, 2.24) is 4.90 Å². The largest absolute Gasteiger partial charge is 0.481 e. The van der Waals surface area contributed by atoms with Gasteiger partial charge in [-0.3, -0.25) is 4.79 Å². The molecule has 0 atom stereocenters. The number of ether oxygens (including phenoxy) is 1. The lowest BCUT2D eigenvalue weighted by molar-refractivity contribution is -0.136. The maximum absolute atomic E-state index is 12.1. The second-order valence-corrected chi connectivity index (χ2v) is 4.65. The Kier molecular flexibility index (Phi) is 4.95. The SMILES string of the molecule is O=C(O)Cc1cccc(NC(=O)N2CCCOCC2)c1. The molecule has 0 spiro atoms. The van der Waals surface area contributed by atoms with Crippen LogP contribution in [0.4, 0.5) is 10.5 Å². The highest BCUT2D eigenvalue weighted by molar-refractivity contribution is 5.89. The topological polar surface area (TPSA) is 78.9 Å². The van der Waals surface area contributed by atoms with Gasteiger partial charge in [0.25, 0.3) is 0 Å². The molecule has 1 aromatic carbocycles. The molecule has 0 aromatic heterocycles. The molecule has 2 N–H and O–H groups in total. The number of hydrogen-bond acceptors (Lipinski definition) is 3. The van der Waals surface area contributed by atoms with Crippen LogP contribution >= 0.6 is 0 Å². The van der Waals surface area contributed by atoms with Gasteiger partial charge in [0.05, 0.1) is 13.0 Å². The first kappa shape index (κ1) is 14.3. The third-order valence-corrected chi connectivity index (χ3v) is 3.04. The third kappa shape index (κ3) is 4.24. The van der Waals surface area contributed by atoms with Crippen LogP contribution < -0.4 is 5.32 Å². The van der Waals surface area contributed by atoms with E-state index < -0.39 is 5.97 Å². The summed E-state index contributed by atoms with van der Waals surface area (Å²) in [6, 6.07) is 6.71. The molecule has 0 bridgehead atoms. The fourth-order valence-electron chi connectivity index (χ4n) is 2.09. The number of aliphatic carboxylic acids is 1. The van der Waals surface area contributed by atoms with Gasteiger partial charge < -0.3 is 20.1 Å². The Balaban J connectivity index is 1.97. The van der Waals surface area contributed by atoms with Gasteiger partial charge in [-0.05, 0) is 24.1 Å². The summed E-state index contributed by atoms with van der Waals surface area (Å²) >= 11 is 0. The Bertz CT molecular complexity index is 482. The average Bonchev–Trinajstić information content (AvgIpc) is 2.67. The van der Waals surface area contributed by atoms with E-state index in [1.807, 2.05) is 0 Å². The Morgan fingerprint density at radius 1 is 1.30 bits per heavy atom. The van der Waals surface area contributed by atoms with Gasteiger partial charge in [0.1, 0.15) is 0 Å². The monoisotopic (exact) mass is 278 g/mol. The summed E-state index contributed by atoms with van der Waals surface area (Å²) in [5.74, 6) is -0.891. The number of amides is 2. The summed E-state index contributed by atoms with van der Waals surface area (Å²) < 4.78 is 5.30. The number of nitrogens with one attached hydrogen (secondary N) is 1. The highest BCUT2D eigenvalue weighted by Crippen LogP contribution is 2.12. The standard InChI is InChI=1S/C14H18N2O4/c17-13(18)10-11-3-1-4-12(9-11)15-14(19)16-5-2-7-20-8-6-16/h1,3-4,9H,2,5-8,10H2,(H,15,19)(H,17,18). The summed E-state index contributed by atoms with van der Waals surface area (Å²) in [6.45, 7) is 2.46. The van der Waals surface area contributed by atoms with E-state index in [-0.39, 0.29) is 12.5 Å². The van der Waals surface area contributed by atoms with Gasteiger partial charge in [0, 0.05) is 25.4 Å². The number of nitrogens with zero attached hydrogens (tertiary/aromatic N) is 1. The highest BCUT2D eigenvalue weighted by atomic mass is 16.5. The lowest BCUT2D eigenvalue weighted by Crippen LogP contribution is -2.36. The van der Waals surface area contributed by atoms with Crippen LogP contribution in [0, 0.1) is 0 Å². The number of urea groups is 1. The number of benzene rings is 1. The quantitative estimate of drug-likeness (QED) is 0.879. The van der Waals surface area contributed by atoms with E-state index in [0.29, 0.717) is 37.6 Å². The third-order valence-electron chi connectivity index (χ3n) is 3.04. The molecule has 1 fully saturated rings. The van der Waals surface area contributed by atoms with E-state index in [9.17, 15) is 9.59 Å². The van der Waals surface area contributed by atoms with Crippen molar-refractivity contribution in [2.24, 2.45) is 0 Å². The van der Waals surface area contributed by atoms with E-state index in [2.05, 4.69) is 5.32 Å². The van der Waals surface area contributed by atoms with Crippen LogP contribution in [0.5, 0.6) is 0 Å². The zero-order valence-electron chi connectivity index (χ0n) is 11.2. The second kappa shape index (κ2) is 6.91. The van der Waals surface area contributed by atoms with Gasteiger partial charge in [0.15, 0.2) is 0 Å². The maximum Gasteiger partial charge on any atom is 0.321 e. The van der Waals surface area contributed by atoms with Crippen LogP contribution in [0.1, 0.15) is 12.0 Å². The van der Waals surface area contributed by atoms with Crippen molar-refractivity contribution in [2.75, 3.05) is 31.6 Å². The lowest BCUT2D eigenvalue weighted by Gasteiger charge is -2.20. The molecule has 0 aliphatic carbocycles. The van der Waals surface area contributed by atoms with Crippen molar-refractivity contribution in [3.05, 3.63) is 29.8 Å². The molecular formula is C14H18N2O4. The minimum absolute atomic E-state index is 0.0543. The van der Waals surface area contributed by atoms with Gasteiger partial charge >= 0.3 is 12.0 Å². The predicted octanol–water partition coefficient (Wildman–Crippen LogP) is 1.57. The van der Waals surface area contributed by atoms with E-state index in [4.69, 9.17) is 9.84 Å². The summed E-state index contributed by atoms with van der Waals surface area (Å²) in [5.41, 5.74) is 1.27. The molecule has 0 saturated carbocycles. The van der Waals surface area contributed by atoms with E-state index >= 15 is 0 Å². The number of carboxylic acids is 1. The normalized spacial score (nSPS) is 15.5. The zero-order valence-corrected chi connectivity index (χ0v) is 11.2. The van der Waals surface area contributed by atoms with Crippen LogP contribution in [0.3, 0.4) is 0 Å². The van der Waals surface area contributed by atoms with Gasteiger partial charge in [-0.2, -0.15) is 0 Å². The summed E-state index contributed by atoms with van der Waals surface area (Å²) in [7, 11) is 0. The molecule has 108 valence electrons. The number of anilines is 1. The molecule has 20 heavy (non-hydrogen) atoms. The molecule has 6 heteroatoms. The van der Waals surface area contributed by atoms with Crippen molar-refractivity contribution >= 4 is 17.7 Å². The van der Waals surface area contributed by atoms with Crippen molar-refractivity contribution in [3.63, 3.8) is 0 Å². The highest BCUT2D eigenvalue weighted by Gasteiger charge is 2.15. The summed E-state index contributed by atoms with van der Waals surface area (Å²) in [5, 5.41) is 11.6. The minimum atomic E-state index is -0.891. The van der Waals surface area contributed by atoms with Crippen LogP contribution in [-0.4, -0.2) is 48.3 Å². The van der Waals surface area contributed by atoms with Crippen molar-refractivity contribution in [2.45, 2.75) is 12.8 Å². The summed E-state index contributed by atoms with van der Waals surface area (Å²) in [6.07, 6.45) is 0.772. The van der Waals surface area contributed by atoms with Crippen molar-refractivity contribution in [3.8, 4) is 0 Å². The molecule has 1 aromatic rings. The Morgan fingerprint density at radius 2 is 2.15 bits per heavy atom. The molecule has 6 nitrogen and oxygen atoms in total. The Morgan fingerprint density at radius 3 is 2.95 bits per heavy atom. The van der Waals surface area contributed by atoms with Crippen LogP contribution in [0.2, 0.25) is 0 Å². The van der Waals surface area contributed by atoms with E-state index in [1.54, 1.807) is 29.2 Å². The molecule has 1 saturated heterocycles. The molecule has 0 unspecified atom stereocenters. The average molecular weight is 278 g/mol. The second-order valence-electron chi connectivity index (χ2n) is 4.65. The molecular weight excluding hydrogens is 260 g/mol. The Labute approximate surface area is 117 Å². The van der Waals surface area contributed by atoms with Gasteiger partial charge in [-0.1, -0.05) is 12.1 Å². The van der Waals surface area contributed by atoms with E-state index in [0.717, 1.165) is 6.42 Å². The first-order chi connectivity index (χ1) is 9.65. The van der Waals surface area contributed by atoms with Crippen LogP contribution in [0.15, 0.2) is 24.3 Å². The first-order valence-electron chi connectivity index (χ1n) is 6.59. The lowest BCUT2D eigenvalue weighted by atomic mass is 10.1. The molecule has 1 heterocycles. The van der Waals surface area contributed by atoms with E-state index in [1.165, 1.54) is 0 Å². The van der Waals surface area contributed by atoms with Gasteiger partial charge in [-0.25, -0.2) is 4.79 Å². The molecule has 0 radical (unpaired) electrons. The number of carbonyl (C=O) groups excluding carboxylic acids is 1. The fraction of sp³-hybridized carbons (Fsp3) is 0.429. The van der Waals surface area contributed by atoms with Gasteiger partial charge in [-0.15, -0.1) is 0 Å². The number of carboxylic acid groups (broad SMARTS) is 1. The first-order valence-corrected chi connectivity index (χ1v) is 6.59. The molecule has 2 rings (SSSR count). The predicted molar refractivity (Wildman–Crippen MR) is 73.8 cm³/mol. The molecule has 1 aliphatic rings. The van der Waals surface area contributed by atoms with Gasteiger partial charge in [0.2, 0.25) is 0 Å². The summed E-state index contributed by atoms with van der Waals surface area (Å²) in [4.78, 5) is 24.5. The smallest absolute Gasteiger partial charge is 0.321 e. The number of carbonyl (C=O) groups is 2. The molecule has 1 aliphatic heterocycles. The van der Waals surface area contributed by atoms with Crippen LogP contribution in [-0.2, 0) is 16.0 Å².